The summed E-state index contributed by atoms with van der Waals surface area (Å²) in [5.41, 5.74) is 0. The Balaban J connectivity index is 1.91. The van der Waals surface area contributed by atoms with Gasteiger partial charge in [0, 0.05) is 0 Å². The molecule has 2 rings (SSSR count). The Kier molecular flexibility index (Phi) is 2.86. The smallest absolute Gasteiger partial charge is 0.383 e. The van der Waals surface area contributed by atoms with Gasteiger partial charge in [-0.25, -0.2) is 4.79 Å². The van der Waals surface area contributed by atoms with Crippen molar-refractivity contribution in [3.63, 3.8) is 0 Å². The van der Waals surface area contributed by atoms with Crippen LogP contribution in [0.25, 0.3) is 0 Å². The molecule has 0 saturated carbocycles. The summed E-state index contributed by atoms with van der Waals surface area (Å²) in [6.45, 7) is -0.0711. The number of esters is 1. The molecule has 2 aromatic rings. The van der Waals surface area contributed by atoms with E-state index in [1.807, 2.05) is 0 Å². The monoisotopic (exact) mass is 220 g/mol. The molecule has 2 aromatic heterocycles. The predicted octanol–water partition coefficient (Wildman–Crippen LogP) is 1.80. The maximum atomic E-state index is 11.4. The van der Waals surface area contributed by atoms with Crippen molar-refractivity contribution in [3.8, 4) is 0 Å². The van der Waals surface area contributed by atoms with Crippen LogP contribution in [-0.2, 0) is 16.1 Å². The summed E-state index contributed by atoms with van der Waals surface area (Å²) >= 11 is 0. The highest BCUT2D eigenvalue weighted by atomic mass is 16.5. The molecule has 2 heterocycles. The van der Waals surface area contributed by atoms with Gasteiger partial charge in [-0.15, -0.1) is 0 Å². The van der Waals surface area contributed by atoms with Crippen LogP contribution in [-0.4, -0.2) is 11.8 Å². The zero-order chi connectivity index (χ0) is 11.4. The van der Waals surface area contributed by atoms with Crippen LogP contribution < -0.4 is 0 Å². The second-order valence-corrected chi connectivity index (χ2v) is 2.96. The lowest BCUT2D eigenvalue weighted by atomic mass is 10.3. The van der Waals surface area contributed by atoms with E-state index in [-0.39, 0.29) is 12.4 Å². The highest BCUT2D eigenvalue weighted by Gasteiger charge is 2.20. The summed E-state index contributed by atoms with van der Waals surface area (Å²) in [4.78, 5) is 22.6. The second kappa shape index (κ2) is 4.48. The predicted molar refractivity (Wildman–Crippen MR) is 51.5 cm³/mol. The molecule has 0 bridgehead atoms. The number of furan rings is 2. The minimum atomic E-state index is -0.966. The third-order valence-electron chi connectivity index (χ3n) is 1.86. The molecule has 0 aliphatic carbocycles. The zero-order valence-corrected chi connectivity index (χ0v) is 8.21. The van der Waals surface area contributed by atoms with E-state index >= 15 is 0 Å². The van der Waals surface area contributed by atoms with Gasteiger partial charge in [0.05, 0.1) is 12.5 Å². The van der Waals surface area contributed by atoms with Crippen LogP contribution in [0.1, 0.15) is 16.3 Å². The molecule has 16 heavy (non-hydrogen) atoms. The maximum Gasteiger partial charge on any atom is 0.383 e. The Bertz CT molecular complexity index is 466. The number of Topliss-reactive ketones (excluding diaryl/α,β-unsaturated/α-hetero) is 1. The molecule has 0 aliphatic rings. The van der Waals surface area contributed by atoms with Crippen molar-refractivity contribution in [2.45, 2.75) is 6.61 Å². The van der Waals surface area contributed by atoms with E-state index in [9.17, 15) is 9.59 Å². The molecule has 5 nitrogen and oxygen atoms in total. The fourth-order valence-corrected chi connectivity index (χ4v) is 1.11. The van der Waals surface area contributed by atoms with E-state index in [4.69, 9.17) is 13.6 Å². The molecule has 0 aliphatic heterocycles. The Labute approximate surface area is 90.6 Å². The molecule has 0 fully saturated rings. The van der Waals surface area contributed by atoms with E-state index < -0.39 is 11.8 Å². The van der Waals surface area contributed by atoms with Crippen LogP contribution in [0.2, 0.25) is 0 Å². The Morgan fingerprint density at radius 3 is 2.50 bits per heavy atom. The first kappa shape index (κ1) is 10.2. The van der Waals surface area contributed by atoms with Gasteiger partial charge in [0.25, 0.3) is 0 Å². The molecular weight excluding hydrogens is 212 g/mol. The normalized spacial score (nSPS) is 10.0. The number of ether oxygens (including phenoxy) is 1. The number of carbonyl (C=O) groups is 2. The van der Waals surface area contributed by atoms with Crippen molar-refractivity contribution in [2.24, 2.45) is 0 Å². The van der Waals surface area contributed by atoms with Crippen molar-refractivity contribution in [3.05, 3.63) is 48.3 Å². The van der Waals surface area contributed by atoms with Crippen LogP contribution in [0.5, 0.6) is 0 Å². The lowest BCUT2D eigenvalue weighted by Crippen LogP contribution is -2.16. The Morgan fingerprint density at radius 1 is 1.12 bits per heavy atom. The van der Waals surface area contributed by atoms with Gasteiger partial charge in [0.15, 0.2) is 5.76 Å². The first-order chi connectivity index (χ1) is 7.77. The highest BCUT2D eigenvalue weighted by molar-refractivity contribution is 6.39. The third-order valence-corrected chi connectivity index (χ3v) is 1.86. The average Bonchev–Trinajstić information content (AvgIpc) is 2.96. The summed E-state index contributed by atoms with van der Waals surface area (Å²) in [6.07, 6.45) is 2.77. The molecule has 0 amide bonds. The Hall–Kier alpha value is -2.30. The number of hydrogen-bond acceptors (Lipinski definition) is 5. The summed E-state index contributed by atoms with van der Waals surface area (Å²) in [5.74, 6) is -1.34. The molecule has 0 aromatic carbocycles. The first-order valence-electron chi connectivity index (χ1n) is 4.54. The van der Waals surface area contributed by atoms with E-state index in [1.54, 1.807) is 12.1 Å². The fraction of sp³-hybridized carbons (Fsp3) is 0.0909. The van der Waals surface area contributed by atoms with Crippen molar-refractivity contribution < 1.29 is 23.2 Å². The van der Waals surface area contributed by atoms with Gasteiger partial charge in [-0.05, 0) is 24.3 Å². The molecule has 0 spiro atoms. The number of rotatable bonds is 4. The van der Waals surface area contributed by atoms with Gasteiger partial charge in [-0.1, -0.05) is 0 Å². The van der Waals surface area contributed by atoms with Gasteiger partial charge in [-0.2, -0.15) is 0 Å². The van der Waals surface area contributed by atoms with Crippen molar-refractivity contribution in [2.75, 3.05) is 0 Å². The van der Waals surface area contributed by atoms with Crippen LogP contribution in [0.4, 0.5) is 0 Å². The van der Waals surface area contributed by atoms with E-state index in [1.165, 1.54) is 24.7 Å². The molecule has 0 radical (unpaired) electrons. The molecular formula is C11H8O5. The van der Waals surface area contributed by atoms with Gasteiger partial charge in [-0.3, -0.25) is 4.79 Å². The van der Waals surface area contributed by atoms with Crippen LogP contribution in [0.3, 0.4) is 0 Å². The zero-order valence-electron chi connectivity index (χ0n) is 8.21. The minimum Gasteiger partial charge on any atom is -0.466 e. The van der Waals surface area contributed by atoms with Crippen molar-refractivity contribution in [1.29, 1.82) is 0 Å². The summed E-state index contributed by atoms with van der Waals surface area (Å²) in [6, 6.07) is 6.23. The topological polar surface area (TPSA) is 69.7 Å². The third kappa shape index (κ3) is 2.20. The quantitative estimate of drug-likeness (QED) is 0.446. The molecule has 0 atom stereocenters. The number of carbonyl (C=O) groups excluding carboxylic acids is 2. The van der Waals surface area contributed by atoms with Gasteiger partial charge < -0.3 is 13.6 Å². The van der Waals surface area contributed by atoms with Gasteiger partial charge in [0.1, 0.15) is 12.4 Å². The second-order valence-electron chi connectivity index (χ2n) is 2.96. The maximum absolute atomic E-state index is 11.4. The molecule has 0 unspecified atom stereocenters. The van der Waals surface area contributed by atoms with Crippen LogP contribution >= 0.6 is 0 Å². The fourth-order valence-electron chi connectivity index (χ4n) is 1.11. The van der Waals surface area contributed by atoms with Crippen molar-refractivity contribution in [1.82, 2.24) is 0 Å². The molecule has 82 valence electrons. The van der Waals surface area contributed by atoms with E-state index in [0.29, 0.717) is 5.76 Å². The van der Waals surface area contributed by atoms with Crippen LogP contribution in [0.15, 0.2) is 45.6 Å². The lowest BCUT2D eigenvalue weighted by Gasteiger charge is -1.99. The van der Waals surface area contributed by atoms with Crippen molar-refractivity contribution >= 4 is 11.8 Å². The summed E-state index contributed by atoms with van der Waals surface area (Å²) in [5, 5.41) is 0. The first-order valence-corrected chi connectivity index (χ1v) is 4.54. The number of hydrogen-bond donors (Lipinski definition) is 0. The van der Waals surface area contributed by atoms with E-state index in [0.717, 1.165) is 0 Å². The standard InChI is InChI=1S/C11H8O5/c12-10(9-4-2-6-15-9)11(13)16-7-8-3-1-5-14-8/h1-6H,7H2. The SMILES string of the molecule is O=C(OCc1ccco1)C(=O)c1ccco1. The molecule has 0 saturated heterocycles. The highest BCUT2D eigenvalue weighted by Crippen LogP contribution is 2.06. The largest absolute Gasteiger partial charge is 0.466 e. The molecule has 5 heteroatoms. The summed E-state index contributed by atoms with van der Waals surface area (Å²) in [7, 11) is 0. The van der Waals surface area contributed by atoms with Crippen LogP contribution in [0, 0.1) is 0 Å². The number of ketones is 1. The lowest BCUT2D eigenvalue weighted by molar-refractivity contribution is -0.139. The van der Waals surface area contributed by atoms with Gasteiger partial charge >= 0.3 is 11.8 Å². The molecule has 0 N–H and O–H groups in total. The summed E-state index contributed by atoms with van der Waals surface area (Å²) < 4.78 is 14.5. The van der Waals surface area contributed by atoms with Gasteiger partial charge in [0.2, 0.25) is 0 Å². The van der Waals surface area contributed by atoms with E-state index in [2.05, 4.69) is 0 Å². The minimum absolute atomic E-state index is 0.0376. The average molecular weight is 220 g/mol. The Morgan fingerprint density at radius 2 is 1.88 bits per heavy atom.